The van der Waals surface area contributed by atoms with Crippen LogP contribution in [0, 0.1) is 0 Å². The zero-order valence-electron chi connectivity index (χ0n) is 12.2. The number of methoxy groups -OCH3 is 1. The van der Waals surface area contributed by atoms with E-state index in [4.69, 9.17) is 4.74 Å². The lowest BCUT2D eigenvalue weighted by Gasteiger charge is -2.13. The summed E-state index contributed by atoms with van der Waals surface area (Å²) in [6.45, 7) is 2.31. The molecule has 0 atom stereocenters. The number of allylic oxidation sites excluding steroid dienone is 1. The van der Waals surface area contributed by atoms with E-state index in [1.807, 2.05) is 6.07 Å². The number of ether oxygens (including phenoxy) is 1. The summed E-state index contributed by atoms with van der Waals surface area (Å²) in [4.78, 5) is 8.66. The van der Waals surface area contributed by atoms with Crippen LogP contribution in [0.1, 0.15) is 32.1 Å². The maximum Gasteiger partial charge on any atom is 0.224 e. The van der Waals surface area contributed by atoms with E-state index in [-0.39, 0.29) is 0 Å². The van der Waals surface area contributed by atoms with Crippen LogP contribution >= 0.6 is 0 Å². The lowest BCUT2D eigenvalue weighted by atomic mass is 9.97. The van der Waals surface area contributed by atoms with E-state index < -0.39 is 0 Å². The minimum atomic E-state index is 0.668. The first kappa shape index (κ1) is 14.8. The molecule has 0 bridgehead atoms. The van der Waals surface area contributed by atoms with Crippen molar-refractivity contribution in [3.8, 4) is 0 Å². The number of rotatable bonds is 8. The van der Waals surface area contributed by atoms with E-state index in [1.54, 1.807) is 18.9 Å². The Morgan fingerprint density at radius 3 is 3.00 bits per heavy atom. The highest BCUT2D eigenvalue weighted by Crippen LogP contribution is 2.19. The molecule has 1 aromatic heterocycles. The SMILES string of the molecule is COCCNc1ccnc(NCCC2=CCCCC2)n1. The summed E-state index contributed by atoms with van der Waals surface area (Å²) in [6.07, 6.45) is 10.4. The van der Waals surface area contributed by atoms with Crippen LogP contribution in [0.2, 0.25) is 0 Å². The quantitative estimate of drug-likeness (QED) is 0.565. The van der Waals surface area contributed by atoms with Gasteiger partial charge in [0.15, 0.2) is 0 Å². The summed E-state index contributed by atoms with van der Waals surface area (Å²) < 4.78 is 5.00. The van der Waals surface area contributed by atoms with Crippen molar-refractivity contribution < 1.29 is 4.74 Å². The zero-order valence-corrected chi connectivity index (χ0v) is 12.2. The van der Waals surface area contributed by atoms with Gasteiger partial charge in [-0.2, -0.15) is 4.98 Å². The number of aromatic nitrogens is 2. The van der Waals surface area contributed by atoms with Gasteiger partial charge in [-0.3, -0.25) is 0 Å². The Hall–Kier alpha value is -1.62. The van der Waals surface area contributed by atoms with Crippen LogP contribution in [0.3, 0.4) is 0 Å². The molecule has 0 spiro atoms. The first-order valence-electron chi connectivity index (χ1n) is 7.36. The highest BCUT2D eigenvalue weighted by Gasteiger charge is 2.04. The van der Waals surface area contributed by atoms with Crippen molar-refractivity contribution in [2.75, 3.05) is 37.4 Å². The van der Waals surface area contributed by atoms with Gasteiger partial charge in [-0.05, 0) is 38.2 Å². The van der Waals surface area contributed by atoms with Gasteiger partial charge in [0.1, 0.15) is 5.82 Å². The molecule has 5 heteroatoms. The van der Waals surface area contributed by atoms with Gasteiger partial charge in [0, 0.05) is 26.4 Å². The van der Waals surface area contributed by atoms with Crippen LogP contribution in [-0.4, -0.2) is 36.8 Å². The summed E-state index contributed by atoms with van der Waals surface area (Å²) in [5.41, 5.74) is 1.57. The van der Waals surface area contributed by atoms with Crippen LogP contribution in [-0.2, 0) is 4.74 Å². The fraction of sp³-hybridized carbons (Fsp3) is 0.600. The molecule has 1 aliphatic carbocycles. The molecular formula is C15H24N4O. The van der Waals surface area contributed by atoms with Gasteiger partial charge in [0.25, 0.3) is 0 Å². The van der Waals surface area contributed by atoms with Gasteiger partial charge >= 0.3 is 0 Å². The minimum Gasteiger partial charge on any atom is -0.383 e. The van der Waals surface area contributed by atoms with Crippen LogP contribution < -0.4 is 10.6 Å². The van der Waals surface area contributed by atoms with Crippen LogP contribution in [0.4, 0.5) is 11.8 Å². The van der Waals surface area contributed by atoms with Crippen LogP contribution in [0.5, 0.6) is 0 Å². The molecule has 5 nitrogen and oxygen atoms in total. The average Bonchev–Trinajstić information content (AvgIpc) is 2.49. The first-order valence-corrected chi connectivity index (χ1v) is 7.36. The van der Waals surface area contributed by atoms with Crippen molar-refractivity contribution in [2.45, 2.75) is 32.1 Å². The topological polar surface area (TPSA) is 59.1 Å². The second-order valence-corrected chi connectivity index (χ2v) is 4.97. The second-order valence-electron chi connectivity index (χ2n) is 4.97. The van der Waals surface area contributed by atoms with Gasteiger partial charge in [0.2, 0.25) is 5.95 Å². The van der Waals surface area contributed by atoms with Gasteiger partial charge in [-0.1, -0.05) is 11.6 Å². The molecule has 1 aromatic rings. The molecule has 2 rings (SSSR count). The van der Waals surface area contributed by atoms with Crippen LogP contribution in [0.15, 0.2) is 23.9 Å². The van der Waals surface area contributed by atoms with E-state index in [0.717, 1.165) is 25.3 Å². The largest absolute Gasteiger partial charge is 0.383 e. The summed E-state index contributed by atoms with van der Waals surface area (Å²) >= 11 is 0. The average molecular weight is 276 g/mol. The summed E-state index contributed by atoms with van der Waals surface area (Å²) in [5.74, 6) is 1.51. The van der Waals surface area contributed by atoms with Crippen molar-refractivity contribution in [1.29, 1.82) is 0 Å². The van der Waals surface area contributed by atoms with Gasteiger partial charge in [0.05, 0.1) is 6.61 Å². The first-order chi connectivity index (χ1) is 9.88. The molecule has 0 unspecified atom stereocenters. The fourth-order valence-corrected chi connectivity index (χ4v) is 2.29. The van der Waals surface area contributed by atoms with Crippen molar-refractivity contribution in [2.24, 2.45) is 0 Å². The molecule has 1 heterocycles. The maximum absolute atomic E-state index is 5.00. The normalized spacial score (nSPS) is 14.8. The molecule has 0 saturated carbocycles. The highest BCUT2D eigenvalue weighted by molar-refractivity contribution is 5.39. The summed E-state index contributed by atoms with van der Waals surface area (Å²) in [5, 5.41) is 6.49. The Bertz CT molecular complexity index is 434. The summed E-state index contributed by atoms with van der Waals surface area (Å²) in [7, 11) is 1.69. The second kappa shape index (κ2) is 8.53. The van der Waals surface area contributed by atoms with E-state index in [9.17, 15) is 0 Å². The lowest BCUT2D eigenvalue weighted by molar-refractivity contribution is 0.210. The maximum atomic E-state index is 5.00. The molecule has 0 saturated heterocycles. The Morgan fingerprint density at radius 1 is 1.25 bits per heavy atom. The predicted molar refractivity (Wildman–Crippen MR) is 82.1 cm³/mol. The third-order valence-electron chi connectivity index (χ3n) is 3.38. The Morgan fingerprint density at radius 2 is 2.20 bits per heavy atom. The summed E-state index contributed by atoms with van der Waals surface area (Å²) in [6, 6.07) is 1.87. The smallest absolute Gasteiger partial charge is 0.224 e. The highest BCUT2D eigenvalue weighted by atomic mass is 16.5. The van der Waals surface area contributed by atoms with E-state index in [2.05, 4.69) is 26.7 Å². The molecule has 0 amide bonds. The number of nitrogens with zero attached hydrogens (tertiary/aromatic N) is 2. The third-order valence-corrected chi connectivity index (χ3v) is 3.38. The molecule has 0 fully saturated rings. The zero-order chi connectivity index (χ0) is 14.0. The molecule has 110 valence electrons. The van der Waals surface area contributed by atoms with Crippen molar-refractivity contribution in [3.63, 3.8) is 0 Å². The van der Waals surface area contributed by atoms with Crippen molar-refractivity contribution in [1.82, 2.24) is 9.97 Å². The predicted octanol–water partition coefficient (Wildman–Crippen LogP) is 2.84. The van der Waals surface area contributed by atoms with E-state index >= 15 is 0 Å². The number of hydrogen-bond donors (Lipinski definition) is 2. The van der Waals surface area contributed by atoms with Gasteiger partial charge in [-0.25, -0.2) is 4.98 Å². The standard InChI is InChI=1S/C15H24N4O/c1-20-12-11-16-14-8-10-18-15(19-14)17-9-7-13-5-3-2-4-6-13/h5,8,10H,2-4,6-7,9,11-12H2,1H3,(H2,16,17,18,19). The molecule has 2 N–H and O–H groups in total. The Balaban J connectivity index is 1.74. The fourth-order valence-electron chi connectivity index (χ4n) is 2.29. The minimum absolute atomic E-state index is 0.668. The molecular weight excluding hydrogens is 252 g/mol. The number of nitrogens with one attached hydrogen (secondary N) is 2. The lowest BCUT2D eigenvalue weighted by Crippen LogP contribution is -2.11. The molecule has 0 aromatic carbocycles. The van der Waals surface area contributed by atoms with Crippen LogP contribution in [0.25, 0.3) is 0 Å². The third kappa shape index (κ3) is 5.17. The van der Waals surface area contributed by atoms with E-state index in [0.29, 0.717) is 12.6 Å². The molecule has 1 aliphatic rings. The molecule has 0 radical (unpaired) electrons. The van der Waals surface area contributed by atoms with Crippen molar-refractivity contribution in [3.05, 3.63) is 23.9 Å². The van der Waals surface area contributed by atoms with Gasteiger partial charge in [-0.15, -0.1) is 0 Å². The molecule has 20 heavy (non-hydrogen) atoms. The van der Waals surface area contributed by atoms with E-state index in [1.165, 1.54) is 25.7 Å². The Kier molecular flexibility index (Phi) is 6.31. The number of hydrogen-bond acceptors (Lipinski definition) is 5. The Labute approximate surface area is 120 Å². The van der Waals surface area contributed by atoms with Gasteiger partial charge < -0.3 is 15.4 Å². The monoisotopic (exact) mass is 276 g/mol. The van der Waals surface area contributed by atoms with Crippen molar-refractivity contribution >= 4 is 11.8 Å². The molecule has 0 aliphatic heterocycles. The number of anilines is 2.